The van der Waals surface area contributed by atoms with Gasteiger partial charge in [0.2, 0.25) is 0 Å². The first-order chi connectivity index (χ1) is 7.02. The summed E-state index contributed by atoms with van der Waals surface area (Å²) < 4.78 is 13.5. The molecule has 2 rings (SSSR count). The average Bonchev–Trinajstić information content (AvgIpc) is 3.01. The summed E-state index contributed by atoms with van der Waals surface area (Å²) in [5.41, 5.74) is 1.60. The number of nitriles is 1. The Morgan fingerprint density at radius 2 is 2.00 bits per heavy atom. The molecule has 1 aliphatic rings. The van der Waals surface area contributed by atoms with Gasteiger partial charge in [0, 0.05) is 10.6 Å². The molecule has 0 atom stereocenters. The molecule has 3 heteroatoms. The van der Waals surface area contributed by atoms with Crippen molar-refractivity contribution in [3.8, 4) is 6.07 Å². The summed E-state index contributed by atoms with van der Waals surface area (Å²) in [6, 6.07) is 3.72. The van der Waals surface area contributed by atoms with Crippen molar-refractivity contribution >= 4 is 11.6 Å². The highest BCUT2D eigenvalue weighted by Crippen LogP contribution is 2.50. The summed E-state index contributed by atoms with van der Waals surface area (Å²) in [5, 5.41) is 9.52. The Bertz CT molecular complexity index is 469. The number of benzene rings is 1. The average molecular weight is 224 g/mol. The van der Waals surface area contributed by atoms with Gasteiger partial charge in [-0.05, 0) is 43.9 Å². The molecule has 1 nitrogen and oxygen atoms in total. The number of nitrogens with zero attached hydrogens (tertiary/aromatic N) is 1. The van der Waals surface area contributed by atoms with E-state index in [0.29, 0.717) is 10.6 Å². The van der Waals surface area contributed by atoms with E-state index in [4.69, 9.17) is 16.9 Å². The molecule has 0 amide bonds. The van der Waals surface area contributed by atoms with E-state index in [-0.39, 0.29) is 5.82 Å². The van der Waals surface area contributed by atoms with E-state index in [9.17, 15) is 4.39 Å². The summed E-state index contributed by atoms with van der Waals surface area (Å²) in [5.74, 6) is -0.317. The summed E-state index contributed by atoms with van der Waals surface area (Å²) in [6.45, 7) is 3.50. The second-order valence-electron chi connectivity index (χ2n) is 4.16. The minimum atomic E-state index is -0.470. The fourth-order valence-electron chi connectivity index (χ4n) is 1.91. The minimum absolute atomic E-state index is 0.317. The molecule has 0 heterocycles. The van der Waals surface area contributed by atoms with Crippen LogP contribution in [0.4, 0.5) is 4.39 Å². The molecule has 1 saturated carbocycles. The Kier molecular flexibility index (Phi) is 2.24. The highest BCUT2D eigenvalue weighted by atomic mass is 35.5. The maximum Gasteiger partial charge on any atom is 0.127 e. The van der Waals surface area contributed by atoms with Gasteiger partial charge in [-0.25, -0.2) is 4.39 Å². The lowest BCUT2D eigenvalue weighted by Gasteiger charge is -2.14. The van der Waals surface area contributed by atoms with Gasteiger partial charge in [0.05, 0.1) is 11.5 Å². The molecule has 15 heavy (non-hydrogen) atoms. The van der Waals surface area contributed by atoms with Gasteiger partial charge in [0.1, 0.15) is 5.82 Å². The number of hydrogen-bond donors (Lipinski definition) is 0. The van der Waals surface area contributed by atoms with Gasteiger partial charge in [0.25, 0.3) is 0 Å². The summed E-state index contributed by atoms with van der Waals surface area (Å²) in [4.78, 5) is 0. The van der Waals surface area contributed by atoms with Crippen LogP contribution in [-0.4, -0.2) is 0 Å². The third-order valence-corrected chi connectivity index (χ3v) is 3.74. The van der Waals surface area contributed by atoms with Gasteiger partial charge in [-0.1, -0.05) is 11.6 Å². The molecule has 1 aromatic carbocycles. The lowest BCUT2D eigenvalue weighted by Crippen LogP contribution is -2.07. The minimum Gasteiger partial charge on any atom is -0.207 e. The summed E-state index contributed by atoms with van der Waals surface area (Å²) >= 11 is 6.03. The van der Waals surface area contributed by atoms with Crippen LogP contribution in [0.2, 0.25) is 5.02 Å². The fourth-order valence-corrected chi connectivity index (χ4v) is 2.10. The zero-order chi connectivity index (χ0) is 11.2. The Morgan fingerprint density at radius 3 is 2.47 bits per heavy atom. The van der Waals surface area contributed by atoms with Crippen LogP contribution < -0.4 is 0 Å². The molecule has 0 unspecified atom stereocenters. The second-order valence-corrected chi connectivity index (χ2v) is 4.54. The topological polar surface area (TPSA) is 23.8 Å². The van der Waals surface area contributed by atoms with E-state index in [1.165, 1.54) is 6.07 Å². The molecule has 0 radical (unpaired) electrons. The summed E-state index contributed by atoms with van der Waals surface area (Å²) in [7, 11) is 0. The first-order valence-corrected chi connectivity index (χ1v) is 5.26. The second kappa shape index (κ2) is 3.21. The van der Waals surface area contributed by atoms with E-state index >= 15 is 0 Å². The maximum absolute atomic E-state index is 13.5. The quantitative estimate of drug-likeness (QED) is 0.713. The highest BCUT2D eigenvalue weighted by Gasteiger charge is 2.46. The standard InChI is InChI=1S/C12H11ClFN/c1-7-9(12(6-15)3-4-12)5-10(14)8(2)11(7)13/h5H,3-4H2,1-2H3. The smallest absolute Gasteiger partial charge is 0.127 e. The highest BCUT2D eigenvalue weighted by molar-refractivity contribution is 6.32. The van der Waals surface area contributed by atoms with Gasteiger partial charge >= 0.3 is 0 Å². The number of halogens is 2. The van der Waals surface area contributed by atoms with Crippen LogP contribution in [0.25, 0.3) is 0 Å². The van der Waals surface area contributed by atoms with Crippen molar-refractivity contribution in [2.45, 2.75) is 32.1 Å². The molecular formula is C12H11ClFN. The van der Waals surface area contributed by atoms with Gasteiger partial charge < -0.3 is 0 Å². The third-order valence-electron chi connectivity index (χ3n) is 3.17. The van der Waals surface area contributed by atoms with E-state index < -0.39 is 5.41 Å². The Balaban J connectivity index is 2.65. The van der Waals surface area contributed by atoms with E-state index in [1.807, 2.05) is 6.92 Å². The SMILES string of the molecule is Cc1c(F)cc(C2(C#N)CC2)c(C)c1Cl. The van der Waals surface area contributed by atoms with E-state index in [2.05, 4.69) is 6.07 Å². The molecule has 0 saturated heterocycles. The van der Waals surface area contributed by atoms with Crippen molar-refractivity contribution in [3.63, 3.8) is 0 Å². The first kappa shape index (κ1) is 10.4. The first-order valence-electron chi connectivity index (χ1n) is 4.89. The van der Waals surface area contributed by atoms with Crippen LogP contribution >= 0.6 is 11.6 Å². The summed E-state index contributed by atoms with van der Waals surface area (Å²) in [6.07, 6.45) is 1.62. The van der Waals surface area contributed by atoms with E-state index in [1.54, 1.807) is 6.92 Å². The predicted octanol–water partition coefficient (Wildman–Crippen LogP) is 3.65. The molecule has 1 aliphatic carbocycles. The molecule has 1 aromatic rings. The van der Waals surface area contributed by atoms with Crippen molar-refractivity contribution in [3.05, 3.63) is 33.6 Å². The zero-order valence-electron chi connectivity index (χ0n) is 8.69. The van der Waals surface area contributed by atoms with Gasteiger partial charge in [-0.3, -0.25) is 0 Å². The Morgan fingerprint density at radius 1 is 1.40 bits per heavy atom. The van der Waals surface area contributed by atoms with Crippen LogP contribution in [-0.2, 0) is 5.41 Å². The Hall–Kier alpha value is -1.07. The lowest BCUT2D eigenvalue weighted by atomic mass is 9.92. The van der Waals surface area contributed by atoms with Crippen LogP contribution in [0.15, 0.2) is 6.07 Å². The van der Waals surface area contributed by atoms with E-state index in [0.717, 1.165) is 24.0 Å². The molecular weight excluding hydrogens is 213 g/mol. The molecule has 0 N–H and O–H groups in total. The van der Waals surface area contributed by atoms with Crippen LogP contribution in [0.3, 0.4) is 0 Å². The van der Waals surface area contributed by atoms with Crippen LogP contribution in [0.1, 0.15) is 29.5 Å². The van der Waals surface area contributed by atoms with Crippen molar-refractivity contribution in [2.75, 3.05) is 0 Å². The van der Waals surface area contributed by atoms with Crippen LogP contribution in [0.5, 0.6) is 0 Å². The van der Waals surface area contributed by atoms with Crippen LogP contribution in [0, 0.1) is 31.0 Å². The number of hydrogen-bond acceptors (Lipinski definition) is 1. The van der Waals surface area contributed by atoms with Gasteiger partial charge in [-0.15, -0.1) is 0 Å². The van der Waals surface area contributed by atoms with Crippen molar-refractivity contribution < 1.29 is 4.39 Å². The molecule has 0 spiro atoms. The molecule has 1 fully saturated rings. The molecule has 78 valence electrons. The van der Waals surface area contributed by atoms with Gasteiger partial charge in [0.15, 0.2) is 0 Å². The van der Waals surface area contributed by atoms with Crippen molar-refractivity contribution in [1.29, 1.82) is 5.26 Å². The van der Waals surface area contributed by atoms with Gasteiger partial charge in [-0.2, -0.15) is 5.26 Å². The zero-order valence-corrected chi connectivity index (χ0v) is 9.45. The Labute approximate surface area is 93.5 Å². The van der Waals surface area contributed by atoms with Crippen molar-refractivity contribution in [2.24, 2.45) is 0 Å². The largest absolute Gasteiger partial charge is 0.207 e. The normalized spacial score (nSPS) is 17.3. The third kappa shape index (κ3) is 1.42. The number of rotatable bonds is 1. The molecule has 0 aliphatic heterocycles. The van der Waals surface area contributed by atoms with Crippen molar-refractivity contribution in [1.82, 2.24) is 0 Å². The fraction of sp³-hybridized carbons (Fsp3) is 0.417. The maximum atomic E-state index is 13.5. The lowest BCUT2D eigenvalue weighted by molar-refractivity contribution is 0.613. The molecule has 0 bridgehead atoms. The monoisotopic (exact) mass is 223 g/mol. The predicted molar refractivity (Wildman–Crippen MR) is 57.4 cm³/mol. The molecule has 0 aromatic heterocycles.